The summed E-state index contributed by atoms with van der Waals surface area (Å²) in [5.41, 5.74) is 7.44. The third kappa shape index (κ3) is 4.17. The lowest BCUT2D eigenvalue weighted by molar-refractivity contribution is -0.0792. The number of carbonyl (C=O) groups is 2. The molecule has 11 heteroatoms. The highest BCUT2D eigenvalue weighted by molar-refractivity contribution is 7.13. The smallest absolute Gasteiger partial charge is 0.269 e. The number of hydrogen-bond acceptors (Lipinski definition) is 7. The molecule has 0 unspecified atom stereocenters. The monoisotopic (exact) mass is 461 g/mol. The van der Waals surface area contributed by atoms with Crippen molar-refractivity contribution in [3.63, 3.8) is 0 Å². The number of rotatable bonds is 9. The van der Waals surface area contributed by atoms with Crippen molar-refractivity contribution in [2.24, 2.45) is 5.73 Å². The first kappa shape index (κ1) is 22.2. The number of nitrogens with zero attached hydrogens (tertiary/aromatic N) is 3. The molecule has 0 atom stereocenters. The van der Waals surface area contributed by atoms with Gasteiger partial charge in [0.05, 0.1) is 24.4 Å². The number of alkyl halides is 1. The minimum absolute atomic E-state index is 0.132. The van der Waals surface area contributed by atoms with E-state index in [4.69, 9.17) is 15.2 Å². The van der Waals surface area contributed by atoms with Gasteiger partial charge >= 0.3 is 0 Å². The number of amides is 2. The SMILES string of the molecule is CCCn1c(NC(=O)c2sc(CF)nc2CC)nc2cc(C(N)=O)cc(OC3COC3)c21. The number of benzene rings is 1. The Balaban J connectivity index is 1.77. The molecule has 0 aliphatic carbocycles. The van der Waals surface area contributed by atoms with E-state index in [9.17, 15) is 14.0 Å². The number of hydrogen-bond donors (Lipinski definition) is 2. The zero-order chi connectivity index (χ0) is 22.8. The summed E-state index contributed by atoms with van der Waals surface area (Å²) in [6.07, 6.45) is 1.14. The van der Waals surface area contributed by atoms with E-state index in [1.54, 1.807) is 12.1 Å². The molecular formula is C21H24FN5O4S. The Morgan fingerprint density at radius 2 is 2.12 bits per heavy atom. The standard InChI is InChI=1S/C21H24FN5O4S/c1-3-5-27-17-14(6-11(19(23)28)7-15(17)31-12-9-30-10-12)25-21(27)26-20(29)18-13(4-2)24-16(8-22)32-18/h6-7,12H,3-5,8-10H2,1-2H3,(H2,23,28)(H,25,26,29). The van der Waals surface area contributed by atoms with Crippen molar-refractivity contribution in [2.45, 2.75) is 46.0 Å². The van der Waals surface area contributed by atoms with Gasteiger partial charge in [-0.05, 0) is 25.0 Å². The maximum absolute atomic E-state index is 13.1. The van der Waals surface area contributed by atoms with Crippen molar-refractivity contribution in [1.29, 1.82) is 0 Å². The number of carbonyl (C=O) groups excluding carboxylic acids is 2. The Morgan fingerprint density at radius 3 is 2.72 bits per heavy atom. The molecule has 1 aromatic carbocycles. The van der Waals surface area contributed by atoms with Crippen LogP contribution in [0.1, 0.15) is 51.0 Å². The van der Waals surface area contributed by atoms with Crippen LogP contribution in [-0.2, 0) is 24.4 Å². The number of aromatic nitrogens is 3. The van der Waals surface area contributed by atoms with E-state index in [1.807, 2.05) is 18.4 Å². The van der Waals surface area contributed by atoms with Crippen LogP contribution in [0.25, 0.3) is 11.0 Å². The van der Waals surface area contributed by atoms with Crippen molar-refractivity contribution in [1.82, 2.24) is 14.5 Å². The zero-order valence-corrected chi connectivity index (χ0v) is 18.6. The number of anilines is 1. The quantitative estimate of drug-likeness (QED) is 0.505. The highest BCUT2D eigenvalue weighted by Crippen LogP contribution is 2.33. The van der Waals surface area contributed by atoms with Crippen molar-refractivity contribution in [3.05, 3.63) is 33.3 Å². The lowest BCUT2D eigenvalue weighted by atomic mass is 10.1. The largest absolute Gasteiger partial charge is 0.483 e. The molecule has 9 nitrogen and oxygen atoms in total. The van der Waals surface area contributed by atoms with Crippen LogP contribution in [0.4, 0.5) is 10.3 Å². The van der Waals surface area contributed by atoms with E-state index < -0.39 is 18.5 Å². The topological polar surface area (TPSA) is 121 Å². The second-order valence-corrected chi connectivity index (χ2v) is 8.48. The van der Waals surface area contributed by atoms with Gasteiger partial charge in [0.2, 0.25) is 11.9 Å². The molecule has 0 radical (unpaired) electrons. The number of primary amides is 1. The Hall–Kier alpha value is -3.05. The molecule has 1 saturated heterocycles. The Labute approximate surface area is 187 Å². The van der Waals surface area contributed by atoms with E-state index in [2.05, 4.69) is 15.3 Å². The molecule has 1 aliphatic rings. The van der Waals surface area contributed by atoms with Gasteiger partial charge in [-0.3, -0.25) is 14.9 Å². The van der Waals surface area contributed by atoms with Gasteiger partial charge < -0.3 is 19.8 Å². The van der Waals surface area contributed by atoms with Crippen LogP contribution < -0.4 is 15.8 Å². The number of nitrogens with one attached hydrogen (secondary N) is 1. The summed E-state index contributed by atoms with van der Waals surface area (Å²) in [5.74, 6) is -0.247. The molecule has 4 rings (SSSR count). The summed E-state index contributed by atoms with van der Waals surface area (Å²) < 4.78 is 26.1. The Bertz CT molecular complexity index is 1170. The minimum Gasteiger partial charge on any atom is -0.483 e. The van der Waals surface area contributed by atoms with Crippen LogP contribution in [0.3, 0.4) is 0 Å². The lowest BCUT2D eigenvalue weighted by Crippen LogP contribution is -2.38. The summed E-state index contributed by atoms with van der Waals surface area (Å²) in [5, 5.41) is 3.10. The Kier molecular flexibility index (Phi) is 6.38. The number of nitrogens with two attached hydrogens (primary N) is 1. The summed E-state index contributed by atoms with van der Waals surface area (Å²) in [4.78, 5) is 34.0. The fourth-order valence-electron chi connectivity index (χ4n) is 3.49. The summed E-state index contributed by atoms with van der Waals surface area (Å²) in [6.45, 7) is 4.60. The van der Waals surface area contributed by atoms with Gasteiger partial charge in [0, 0.05) is 12.1 Å². The van der Waals surface area contributed by atoms with Crippen molar-refractivity contribution >= 4 is 40.1 Å². The molecule has 3 aromatic rings. The van der Waals surface area contributed by atoms with Crippen LogP contribution in [0, 0.1) is 0 Å². The highest BCUT2D eigenvalue weighted by Gasteiger charge is 2.26. The number of halogens is 1. The minimum atomic E-state index is -0.721. The van der Waals surface area contributed by atoms with Crippen molar-refractivity contribution in [2.75, 3.05) is 18.5 Å². The number of ether oxygens (including phenoxy) is 2. The maximum Gasteiger partial charge on any atom is 0.269 e. The molecule has 3 N–H and O–H groups in total. The number of imidazole rings is 1. The first-order valence-corrected chi connectivity index (χ1v) is 11.2. The normalized spacial score (nSPS) is 13.8. The number of aryl methyl sites for hydroxylation is 2. The lowest BCUT2D eigenvalue weighted by Gasteiger charge is -2.27. The predicted octanol–water partition coefficient (Wildman–Crippen LogP) is 3.06. The average molecular weight is 462 g/mol. The molecule has 0 bridgehead atoms. The molecule has 0 saturated carbocycles. The van der Waals surface area contributed by atoms with Crippen LogP contribution in [-0.4, -0.2) is 45.7 Å². The fourth-order valence-corrected chi connectivity index (χ4v) is 4.39. The van der Waals surface area contributed by atoms with Gasteiger partial charge in [-0.25, -0.2) is 14.4 Å². The summed E-state index contributed by atoms with van der Waals surface area (Å²) >= 11 is 1.03. The van der Waals surface area contributed by atoms with Gasteiger partial charge in [-0.15, -0.1) is 11.3 Å². The highest BCUT2D eigenvalue weighted by atomic mass is 32.1. The molecule has 170 valence electrons. The molecule has 0 spiro atoms. The molecule has 3 heterocycles. The zero-order valence-electron chi connectivity index (χ0n) is 17.8. The third-order valence-corrected chi connectivity index (χ3v) is 6.12. The second kappa shape index (κ2) is 9.21. The fraction of sp³-hybridized carbons (Fsp3) is 0.429. The van der Waals surface area contributed by atoms with Gasteiger partial charge in [0.15, 0.2) is 0 Å². The molecule has 1 fully saturated rings. The molecule has 2 aromatic heterocycles. The van der Waals surface area contributed by atoms with E-state index in [0.29, 0.717) is 59.5 Å². The summed E-state index contributed by atoms with van der Waals surface area (Å²) in [6, 6.07) is 3.17. The average Bonchev–Trinajstić information content (AvgIpc) is 3.32. The molecule has 32 heavy (non-hydrogen) atoms. The van der Waals surface area contributed by atoms with Crippen LogP contribution in [0.15, 0.2) is 12.1 Å². The van der Waals surface area contributed by atoms with Gasteiger partial charge in [0.1, 0.15) is 33.9 Å². The van der Waals surface area contributed by atoms with Crippen molar-refractivity contribution < 1.29 is 23.5 Å². The van der Waals surface area contributed by atoms with Gasteiger partial charge in [-0.1, -0.05) is 13.8 Å². The van der Waals surface area contributed by atoms with Crippen molar-refractivity contribution in [3.8, 4) is 5.75 Å². The van der Waals surface area contributed by atoms with Gasteiger partial charge in [0.25, 0.3) is 5.91 Å². The maximum atomic E-state index is 13.1. The number of thiazole rings is 1. The van der Waals surface area contributed by atoms with E-state index in [-0.39, 0.29) is 16.7 Å². The molecule has 2 amide bonds. The predicted molar refractivity (Wildman–Crippen MR) is 118 cm³/mol. The van der Waals surface area contributed by atoms with Crippen LogP contribution in [0.5, 0.6) is 5.75 Å². The van der Waals surface area contributed by atoms with E-state index in [1.165, 1.54) is 0 Å². The number of fused-ring (bicyclic) bond motifs is 1. The first-order chi connectivity index (χ1) is 15.4. The molecular weight excluding hydrogens is 437 g/mol. The van der Waals surface area contributed by atoms with Crippen LogP contribution >= 0.6 is 11.3 Å². The van der Waals surface area contributed by atoms with E-state index in [0.717, 1.165) is 17.8 Å². The Morgan fingerprint density at radius 1 is 1.34 bits per heavy atom. The van der Waals surface area contributed by atoms with Crippen LogP contribution in [0.2, 0.25) is 0 Å². The first-order valence-electron chi connectivity index (χ1n) is 10.4. The second-order valence-electron chi connectivity index (χ2n) is 7.40. The summed E-state index contributed by atoms with van der Waals surface area (Å²) in [7, 11) is 0. The van der Waals surface area contributed by atoms with Gasteiger partial charge in [-0.2, -0.15) is 0 Å². The third-order valence-electron chi connectivity index (χ3n) is 5.06. The molecule has 1 aliphatic heterocycles. The van der Waals surface area contributed by atoms with E-state index >= 15 is 0 Å².